The Kier molecular flexibility index (Phi) is 3.24. The van der Waals surface area contributed by atoms with E-state index in [-0.39, 0.29) is 5.91 Å². The number of likely N-dealkylation sites (tertiary alicyclic amines) is 1. The van der Waals surface area contributed by atoms with Gasteiger partial charge in [-0.1, -0.05) is 11.6 Å². The summed E-state index contributed by atoms with van der Waals surface area (Å²) in [6.45, 7) is 1.83. The summed E-state index contributed by atoms with van der Waals surface area (Å²) in [5.41, 5.74) is 0.461. The van der Waals surface area contributed by atoms with E-state index in [1.165, 1.54) is 0 Å². The van der Waals surface area contributed by atoms with Crippen molar-refractivity contribution in [3.63, 3.8) is 0 Å². The lowest BCUT2D eigenvalue weighted by molar-refractivity contribution is 0.0764. The first kappa shape index (κ1) is 12.6. The van der Waals surface area contributed by atoms with Crippen LogP contribution in [0.4, 0.5) is 0 Å². The van der Waals surface area contributed by atoms with E-state index in [0.29, 0.717) is 54.8 Å². The van der Waals surface area contributed by atoms with E-state index in [0.717, 1.165) is 0 Å². The summed E-state index contributed by atoms with van der Waals surface area (Å²) in [6.07, 6.45) is 0.181. The van der Waals surface area contributed by atoms with Crippen LogP contribution in [-0.2, 0) is 0 Å². The zero-order chi connectivity index (χ0) is 13.4. The number of hydrogen-bond donors (Lipinski definition) is 1. The molecule has 0 unspecified atom stereocenters. The number of fused-ring (bicyclic) bond motifs is 1. The summed E-state index contributed by atoms with van der Waals surface area (Å²) in [4.78, 5) is 13.9. The maximum atomic E-state index is 12.3. The van der Waals surface area contributed by atoms with Gasteiger partial charge in [-0.3, -0.25) is 4.79 Å². The number of benzene rings is 1. The predicted molar refractivity (Wildman–Crippen MR) is 69.0 cm³/mol. The fraction of sp³-hybridized carbons (Fsp3) is 0.462. The smallest absolute Gasteiger partial charge is 0.254 e. The van der Waals surface area contributed by atoms with Crippen LogP contribution in [0.15, 0.2) is 12.1 Å². The molecule has 5 nitrogen and oxygen atoms in total. The van der Waals surface area contributed by atoms with E-state index < -0.39 is 6.10 Å². The van der Waals surface area contributed by atoms with Gasteiger partial charge in [0.2, 0.25) is 0 Å². The first-order chi connectivity index (χ1) is 9.15. The van der Waals surface area contributed by atoms with Gasteiger partial charge in [0.05, 0.1) is 11.1 Å². The molecule has 2 aliphatic heterocycles. The largest absolute Gasteiger partial charge is 0.486 e. The highest BCUT2D eigenvalue weighted by atomic mass is 35.5. The van der Waals surface area contributed by atoms with Gasteiger partial charge >= 0.3 is 0 Å². The first-order valence-corrected chi connectivity index (χ1v) is 6.59. The molecular formula is C13H14ClNO4. The Bertz CT molecular complexity index is 520. The Morgan fingerprint density at radius 1 is 1.37 bits per heavy atom. The number of ether oxygens (including phenoxy) is 2. The van der Waals surface area contributed by atoms with Crippen molar-refractivity contribution < 1.29 is 19.4 Å². The fourth-order valence-electron chi connectivity index (χ4n) is 2.34. The molecule has 1 atom stereocenters. The van der Waals surface area contributed by atoms with Crippen LogP contribution in [0.1, 0.15) is 16.8 Å². The standard InChI is InChI=1S/C13H14ClNO4/c14-10-5-8(6-11-12(10)19-4-3-18-11)13(17)15-2-1-9(16)7-15/h5-6,9,16H,1-4,7H2/t9-/m1/s1. The molecule has 1 aromatic carbocycles. The van der Waals surface area contributed by atoms with Gasteiger partial charge in [0.25, 0.3) is 5.91 Å². The highest BCUT2D eigenvalue weighted by molar-refractivity contribution is 6.32. The topological polar surface area (TPSA) is 59.0 Å². The molecule has 0 aromatic heterocycles. The molecule has 1 aromatic rings. The third kappa shape index (κ3) is 2.35. The molecule has 0 aliphatic carbocycles. The van der Waals surface area contributed by atoms with E-state index >= 15 is 0 Å². The minimum Gasteiger partial charge on any atom is -0.486 e. The highest BCUT2D eigenvalue weighted by Crippen LogP contribution is 2.38. The number of amides is 1. The third-order valence-electron chi connectivity index (χ3n) is 3.29. The summed E-state index contributed by atoms with van der Waals surface area (Å²) in [6, 6.07) is 3.23. The lowest BCUT2D eigenvalue weighted by Crippen LogP contribution is -2.29. The molecule has 3 rings (SSSR count). The predicted octanol–water partition coefficient (Wildman–Crippen LogP) is 1.32. The molecule has 6 heteroatoms. The Hall–Kier alpha value is -1.46. The number of nitrogens with zero attached hydrogens (tertiary/aromatic N) is 1. The summed E-state index contributed by atoms with van der Waals surface area (Å²) in [5, 5.41) is 9.85. The number of halogens is 1. The van der Waals surface area contributed by atoms with Crippen LogP contribution in [-0.4, -0.2) is 48.3 Å². The van der Waals surface area contributed by atoms with Gasteiger partial charge in [-0.2, -0.15) is 0 Å². The first-order valence-electron chi connectivity index (χ1n) is 6.21. The maximum Gasteiger partial charge on any atom is 0.254 e. The van der Waals surface area contributed by atoms with Crippen LogP contribution in [0.3, 0.4) is 0 Å². The number of hydrogen-bond acceptors (Lipinski definition) is 4. The van der Waals surface area contributed by atoms with Crippen molar-refractivity contribution in [1.29, 1.82) is 0 Å². The van der Waals surface area contributed by atoms with Gasteiger partial charge in [0.1, 0.15) is 13.2 Å². The van der Waals surface area contributed by atoms with E-state index in [9.17, 15) is 9.90 Å². The van der Waals surface area contributed by atoms with Crippen molar-refractivity contribution in [2.75, 3.05) is 26.3 Å². The van der Waals surface area contributed by atoms with Gasteiger partial charge < -0.3 is 19.5 Å². The number of carbonyl (C=O) groups excluding carboxylic acids is 1. The van der Waals surface area contributed by atoms with E-state index in [2.05, 4.69) is 0 Å². The lowest BCUT2D eigenvalue weighted by atomic mass is 10.1. The summed E-state index contributed by atoms with van der Waals surface area (Å²) in [7, 11) is 0. The molecule has 2 heterocycles. The number of rotatable bonds is 1. The Morgan fingerprint density at radius 3 is 2.89 bits per heavy atom. The molecule has 1 N–H and O–H groups in total. The van der Waals surface area contributed by atoms with Crippen LogP contribution in [0, 0.1) is 0 Å². The minimum atomic E-state index is -0.434. The molecule has 1 fully saturated rings. The molecular weight excluding hydrogens is 270 g/mol. The Morgan fingerprint density at radius 2 is 2.16 bits per heavy atom. The lowest BCUT2D eigenvalue weighted by Gasteiger charge is -2.21. The Balaban J connectivity index is 1.88. The number of carbonyl (C=O) groups is 1. The van der Waals surface area contributed by atoms with Crippen LogP contribution < -0.4 is 9.47 Å². The number of β-amino-alcohol motifs (C(OH)–C–C–N with tert-alkyl or cyclic N) is 1. The SMILES string of the molecule is O=C(c1cc(Cl)c2c(c1)OCCO2)N1CC[C@@H](O)C1. The van der Waals surface area contributed by atoms with Gasteiger partial charge in [0.15, 0.2) is 11.5 Å². The van der Waals surface area contributed by atoms with Crippen LogP contribution in [0.2, 0.25) is 5.02 Å². The summed E-state index contributed by atoms with van der Waals surface area (Å²) >= 11 is 6.10. The number of aliphatic hydroxyl groups excluding tert-OH is 1. The van der Waals surface area contributed by atoms with Crippen molar-refractivity contribution in [2.45, 2.75) is 12.5 Å². The molecule has 1 saturated heterocycles. The second kappa shape index (κ2) is 4.90. The maximum absolute atomic E-state index is 12.3. The second-order valence-electron chi connectivity index (χ2n) is 4.68. The van der Waals surface area contributed by atoms with Crippen LogP contribution in [0.5, 0.6) is 11.5 Å². The third-order valence-corrected chi connectivity index (χ3v) is 3.58. The summed E-state index contributed by atoms with van der Waals surface area (Å²) in [5.74, 6) is 0.850. The monoisotopic (exact) mass is 283 g/mol. The van der Waals surface area contributed by atoms with Crippen molar-refractivity contribution in [3.8, 4) is 11.5 Å². The quantitative estimate of drug-likeness (QED) is 0.844. The van der Waals surface area contributed by atoms with Gasteiger partial charge in [-0.05, 0) is 18.6 Å². The minimum absolute atomic E-state index is 0.143. The molecule has 1 amide bonds. The van der Waals surface area contributed by atoms with Crippen LogP contribution in [0.25, 0.3) is 0 Å². The molecule has 0 spiro atoms. The highest BCUT2D eigenvalue weighted by Gasteiger charge is 2.27. The Labute approximate surface area is 115 Å². The van der Waals surface area contributed by atoms with Gasteiger partial charge in [0, 0.05) is 18.7 Å². The molecule has 19 heavy (non-hydrogen) atoms. The molecule has 2 aliphatic rings. The molecule has 0 bridgehead atoms. The molecule has 0 radical (unpaired) electrons. The van der Waals surface area contributed by atoms with Crippen molar-refractivity contribution in [1.82, 2.24) is 4.90 Å². The van der Waals surface area contributed by atoms with E-state index in [4.69, 9.17) is 21.1 Å². The van der Waals surface area contributed by atoms with Gasteiger partial charge in [-0.15, -0.1) is 0 Å². The van der Waals surface area contributed by atoms with Gasteiger partial charge in [-0.25, -0.2) is 0 Å². The number of aliphatic hydroxyl groups is 1. The normalized spacial score (nSPS) is 21.6. The van der Waals surface area contributed by atoms with E-state index in [1.807, 2.05) is 0 Å². The van der Waals surface area contributed by atoms with Crippen molar-refractivity contribution in [2.24, 2.45) is 0 Å². The molecule has 102 valence electrons. The summed E-state index contributed by atoms with van der Waals surface area (Å²) < 4.78 is 10.9. The average molecular weight is 284 g/mol. The fourth-order valence-corrected chi connectivity index (χ4v) is 2.61. The van der Waals surface area contributed by atoms with Crippen LogP contribution >= 0.6 is 11.6 Å². The van der Waals surface area contributed by atoms with Crippen molar-refractivity contribution in [3.05, 3.63) is 22.7 Å². The van der Waals surface area contributed by atoms with Crippen molar-refractivity contribution >= 4 is 17.5 Å². The zero-order valence-corrected chi connectivity index (χ0v) is 11.0. The zero-order valence-electron chi connectivity index (χ0n) is 10.3. The molecule has 0 saturated carbocycles. The average Bonchev–Trinajstić information content (AvgIpc) is 2.84. The van der Waals surface area contributed by atoms with E-state index in [1.54, 1.807) is 17.0 Å². The second-order valence-corrected chi connectivity index (χ2v) is 5.08.